The molecule has 0 saturated carbocycles. The van der Waals surface area contributed by atoms with Crippen molar-refractivity contribution in [1.82, 2.24) is 14.5 Å². The fraction of sp³-hybridized carbons (Fsp3) is 0.211. The van der Waals surface area contributed by atoms with Gasteiger partial charge in [-0.05, 0) is 56.2 Å². The molecule has 0 aliphatic rings. The van der Waals surface area contributed by atoms with Crippen LogP contribution in [0.5, 0.6) is 0 Å². The molecule has 3 aromatic rings. The molecule has 6 heteroatoms. The van der Waals surface area contributed by atoms with Crippen LogP contribution in [0, 0.1) is 20.8 Å². The highest BCUT2D eigenvalue weighted by molar-refractivity contribution is 7.99. The predicted octanol–water partition coefficient (Wildman–Crippen LogP) is 3.92. The number of anilines is 1. The molecular weight excluding hydrogens is 332 g/mol. The van der Waals surface area contributed by atoms with E-state index in [1.54, 1.807) is 12.3 Å². The van der Waals surface area contributed by atoms with E-state index in [1.807, 2.05) is 29.8 Å². The molecule has 3 rings (SSSR count). The van der Waals surface area contributed by atoms with E-state index < -0.39 is 0 Å². The Balaban J connectivity index is 1.67. The van der Waals surface area contributed by atoms with Crippen molar-refractivity contribution >= 4 is 23.5 Å². The first-order valence-electron chi connectivity index (χ1n) is 8.00. The van der Waals surface area contributed by atoms with Crippen LogP contribution in [-0.4, -0.2) is 26.2 Å². The molecule has 1 amide bonds. The van der Waals surface area contributed by atoms with Gasteiger partial charge in [-0.15, -0.1) is 0 Å². The molecule has 0 fully saturated rings. The van der Waals surface area contributed by atoms with Gasteiger partial charge in [0, 0.05) is 23.8 Å². The topological polar surface area (TPSA) is 59.8 Å². The molecule has 2 heterocycles. The van der Waals surface area contributed by atoms with Gasteiger partial charge in [-0.1, -0.05) is 23.9 Å². The van der Waals surface area contributed by atoms with Crippen LogP contribution in [-0.2, 0) is 4.79 Å². The zero-order valence-corrected chi connectivity index (χ0v) is 15.3. The molecule has 1 aromatic carbocycles. The number of aromatic nitrogens is 3. The lowest BCUT2D eigenvalue weighted by atomic mass is 10.1. The average Bonchev–Trinajstić information content (AvgIpc) is 3.04. The first-order chi connectivity index (χ1) is 12.0. The van der Waals surface area contributed by atoms with Gasteiger partial charge in [0.1, 0.15) is 5.82 Å². The Kier molecular flexibility index (Phi) is 5.19. The van der Waals surface area contributed by atoms with Gasteiger partial charge in [0.05, 0.1) is 5.75 Å². The van der Waals surface area contributed by atoms with Gasteiger partial charge in [0.25, 0.3) is 0 Å². The predicted molar refractivity (Wildman–Crippen MR) is 101 cm³/mol. The van der Waals surface area contributed by atoms with E-state index in [0.717, 1.165) is 16.5 Å². The summed E-state index contributed by atoms with van der Waals surface area (Å²) in [5.41, 5.74) is 4.40. The largest absolute Gasteiger partial charge is 0.310 e. The van der Waals surface area contributed by atoms with E-state index in [0.29, 0.717) is 5.82 Å². The van der Waals surface area contributed by atoms with Crippen LogP contribution in [0.15, 0.2) is 53.9 Å². The molecule has 0 atom stereocenters. The Morgan fingerprint density at radius 2 is 2.00 bits per heavy atom. The standard InChI is InChI=1S/C19H20N4OS/c1-13-7-8-16(11-14(13)2)23-10-9-20-19(23)25-12-18(24)22-17-6-4-5-15(3)21-17/h4-11H,12H2,1-3H3,(H,21,22,24). The number of carbonyl (C=O) groups excluding carboxylic acids is 1. The summed E-state index contributed by atoms with van der Waals surface area (Å²) >= 11 is 1.40. The third-order valence-electron chi connectivity index (χ3n) is 3.86. The maximum Gasteiger partial charge on any atom is 0.236 e. The molecule has 0 bridgehead atoms. The van der Waals surface area contributed by atoms with E-state index in [4.69, 9.17) is 0 Å². The van der Waals surface area contributed by atoms with Gasteiger partial charge in [-0.2, -0.15) is 0 Å². The molecular formula is C19H20N4OS. The van der Waals surface area contributed by atoms with Crippen LogP contribution in [0.3, 0.4) is 0 Å². The van der Waals surface area contributed by atoms with Crippen LogP contribution in [0.1, 0.15) is 16.8 Å². The first-order valence-corrected chi connectivity index (χ1v) is 8.99. The van der Waals surface area contributed by atoms with Crippen molar-refractivity contribution in [2.45, 2.75) is 25.9 Å². The van der Waals surface area contributed by atoms with Crippen molar-refractivity contribution in [3.63, 3.8) is 0 Å². The maximum absolute atomic E-state index is 12.2. The number of aryl methyl sites for hydroxylation is 3. The number of hydrogen-bond acceptors (Lipinski definition) is 4. The fourth-order valence-corrected chi connectivity index (χ4v) is 3.16. The normalized spacial score (nSPS) is 10.7. The number of benzene rings is 1. The lowest BCUT2D eigenvalue weighted by Crippen LogP contribution is -2.15. The Labute approximate surface area is 151 Å². The van der Waals surface area contributed by atoms with Gasteiger partial charge in [0.2, 0.25) is 5.91 Å². The molecule has 1 N–H and O–H groups in total. The molecule has 128 valence electrons. The van der Waals surface area contributed by atoms with E-state index in [1.165, 1.54) is 22.9 Å². The molecule has 2 aromatic heterocycles. The van der Waals surface area contributed by atoms with Crippen LogP contribution in [0.2, 0.25) is 0 Å². The number of carbonyl (C=O) groups is 1. The summed E-state index contributed by atoms with van der Waals surface area (Å²) in [6, 6.07) is 11.8. The highest BCUT2D eigenvalue weighted by atomic mass is 32.2. The van der Waals surface area contributed by atoms with Crippen LogP contribution >= 0.6 is 11.8 Å². The number of amides is 1. The molecule has 0 spiro atoms. The van der Waals surface area contributed by atoms with Gasteiger partial charge in [-0.3, -0.25) is 9.36 Å². The Hall–Kier alpha value is -2.60. The van der Waals surface area contributed by atoms with Crippen molar-refractivity contribution in [3.8, 4) is 5.69 Å². The number of nitrogens with zero attached hydrogens (tertiary/aromatic N) is 3. The number of nitrogens with one attached hydrogen (secondary N) is 1. The monoisotopic (exact) mass is 352 g/mol. The van der Waals surface area contributed by atoms with Gasteiger partial charge < -0.3 is 5.32 Å². The quantitative estimate of drug-likeness (QED) is 0.707. The average molecular weight is 352 g/mol. The molecule has 0 saturated heterocycles. The lowest BCUT2D eigenvalue weighted by molar-refractivity contribution is -0.113. The Morgan fingerprint density at radius 3 is 2.76 bits per heavy atom. The third kappa shape index (κ3) is 4.28. The van der Waals surface area contributed by atoms with Crippen LogP contribution < -0.4 is 5.32 Å². The molecule has 0 radical (unpaired) electrons. The van der Waals surface area contributed by atoms with E-state index >= 15 is 0 Å². The fourth-order valence-electron chi connectivity index (χ4n) is 2.39. The zero-order valence-electron chi connectivity index (χ0n) is 14.5. The second kappa shape index (κ2) is 7.53. The molecule has 5 nitrogen and oxygen atoms in total. The maximum atomic E-state index is 12.2. The highest BCUT2D eigenvalue weighted by Crippen LogP contribution is 2.22. The minimum Gasteiger partial charge on any atom is -0.310 e. The van der Waals surface area contributed by atoms with Crippen molar-refractivity contribution in [1.29, 1.82) is 0 Å². The molecule has 0 aliphatic heterocycles. The summed E-state index contributed by atoms with van der Waals surface area (Å²) in [7, 11) is 0. The van der Waals surface area contributed by atoms with E-state index in [2.05, 4.69) is 47.3 Å². The number of hydrogen-bond donors (Lipinski definition) is 1. The number of imidazole rings is 1. The summed E-state index contributed by atoms with van der Waals surface area (Å²) in [6.07, 6.45) is 3.66. The van der Waals surface area contributed by atoms with Crippen molar-refractivity contribution < 1.29 is 4.79 Å². The SMILES string of the molecule is Cc1cccc(NC(=O)CSc2nccn2-c2ccc(C)c(C)c2)n1. The summed E-state index contributed by atoms with van der Waals surface area (Å²) < 4.78 is 2.00. The van der Waals surface area contributed by atoms with E-state index in [-0.39, 0.29) is 11.7 Å². The lowest BCUT2D eigenvalue weighted by Gasteiger charge is -2.10. The summed E-state index contributed by atoms with van der Waals surface area (Å²) in [6.45, 7) is 6.07. The zero-order chi connectivity index (χ0) is 17.8. The van der Waals surface area contributed by atoms with E-state index in [9.17, 15) is 4.79 Å². The smallest absolute Gasteiger partial charge is 0.236 e. The second-order valence-electron chi connectivity index (χ2n) is 5.85. The minimum absolute atomic E-state index is 0.0993. The second-order valence-corrected chi connectivity index (χ2v) is 6.79. The van der Waals surface area contributed by atoms with Crippen LogP contribution in [0.25, 0.3) is 5.69 Å². The van der Waals surface area contributed by atoms with Gasteiger partial charge in [-0.25, -0.2) is 9.97 Å². The third-order valence-corrected chi connectivity index (χ3v) is 4.83. The number of rotatable bonds is 5. The molecule has 25 heavy (non-hydrogen) atoms. The van der Waals surface area contributed by atoms with Crippen molar-refractivity contribution in [2.75, 3.05) is 11.1 Å². The Morgan fingerprint density at radius 1 is 1.16 bits per heavy atom. The van der Waals surface area contributed by atoms with Gasteiger partial charge in [0.15, 0.2) is 5.16 Å². The molecule has 0 aliphatic carbocycles. The minimum atomic E-state index is -0.0993. The summed E-state index contributed by atoms with van der Waals surface area (Å²) in [5.74, 6) is 0.748. The number of thioether (sulfide) groups is 1. The first kappa shape index (κ1) is 17.2. The van der Waals surface area contributed by atoms with Crippen molar-refractivity contribution in [2.24, 2.45) is 0 Å². The Bertz CT molecular complexity index is 904. The van der Waals surface area contributed by atoms with Crippen LogP contribution in [0.4, 0.5) is 5.82 Å². The summed E-state index contributed by atoms with van der Waals surface area (Å²) in [4.78, 5) is 20.8. The highest BCUT2D eigenvalue weighted by Gasteiger charge is 2.10. The number of pyridine rings is 1. The summed E-state index contributed by atoms with van der Waals surface area (Å²) in [5, 5.41) is 3.60. The van der Waals surface area contributed by atoms with Gasteiger partial charge >= 0.3 is 0 Å². The molecule has 0 unspecified atom stereocenters. The van der Waals surface area contributed by atoms with Crippen molar-refractivity contribution in [3.05, 3.63) is 65.6 Å².